The highest BCUT2D eigenvalue weighted by Crippen LogP contribution is 2.49. The van der Waals surface area contributed by atoms with Gasteiger partial charge in [-0.05, 0) is 87.4 Å². The molecule has 1 saturated heterocycles. The van der Waals surface area contributed by atoms with Gasteiger partial charge in [0.1, 0.15) is 5.82 Å². The molecule has 0 amide bonds. The lowest BCUT2D eigenvalue weighted by Gasteiger charge is -2.45. The first-order chi connectivity index (χ1) is 18.3. The maximum Gasteiger partial charge on any atom is 0.490 e. The summed E-state index contributed by atoms with van der Waals surface area (Å²) >= 11 is 11.4. The van der Waals surface area contributed by atoms with E-state index in [-0.39, 0.29) is 16.5 Å². The summed E-state index contributed by atoms with van der Waals surface area (Å²) < 4.78 is 56.2. The molecular weight excluding hydrogens is 562 g/mol. The van der Waals surface area contributed by atoms with Gasteiger partial charge in [-0.2, -0.15) is 13.2 Å². The number of aliphatic carboxylic acids is 1. The lowest BCUT2D eigenvalue weighted by atomic mass is 9.65. The number of ether oxygens (including phenoxy) is 2. The number of carboxylic acids is 1. The first kappa shape index (κ1) is 30.7. The topological polar surface area (TPSA) is 83.1 Å². The Kier molecular flexibility index (Phi) is 9.89. The predicted octanol–water partition coefficient (Wildman–Crippen LogP) is 5.61. The Labute approximate surface area is 234 Å². The normalized spacial score (nSPS) is 22.7. The van der Waals surface area contributed by atoms with Crippen LogP contribution in [0.3, 0.4) is 0 Å². The van der Waals surface area contributed by atoms with Gasteiger partial charge in [0.15, 0.2) is 16.6 Å². The lowest BCUT2D eigenvalue weighted by Crippen LogP contribution is -2.52. The molecule has 7 nitrogen and oxygen atoms in total. The molecule has 13 heteroatoms. The Balaban J connectivity index is 0.000000532. The molecule has 39 heavy (non-hydrogen) atoms. The number of thiocarbonyl (C=S) groups is 1. The summed E-state index contributed by atoms with van der Waals surface area (Å²) in [4.78, 5) is 11.4. The number of alkyl halides is 3. The zero-order valence-corrected chi connectivity index (χ0v) is 23.1. The van der Waals surface area contributed by atoms with Crippen LogP contribution in [-0.4, -0.2) is 67.2 Å². The molecule has 0 aromatic heterocycles. The number of carbonyl (C=O) groups is 1. The number of anilines is 1. The Bertz CT molecular complexity index is 1200. The zero-order chi connectivity index (χ0) is 29.0. The minimum atomic E-state index is -5.08. The largest absolute Gasteiger partial charge is 0.493 e. The third-order valence-electron chi connectivity index (χ3n) is 7.24. The van der Waals surface area contributed by atoms with Crippen molar-refractivity contribution in [2.75, 3.05) is 33.1 Å². The van der Waals surface area contributed by atoms with Gasteiger partial charge in [-0.15, -0.1) is 0 Å². The fourth-order valence-electron chi connectivity index (χ4n) is 5.32. The van der Waals surface area contributed by atoms with E-state index in [4.69, 9.17) is 43.2 Å². The number of likely N-dealkylation sites (N-methyl/N-ethyl adjacent to an activating group) is 1. The molecule has 3 atom stereocenters. The van der Waals surface area contributed by atoms with E-state index in [1.54, 1.807) is 26.4 Å². The van der Waals surface area contributed by atoms with Gasteiger partial charge in [-0.25, -0.2) is 9.18 Å². The van der Waals surface area contributed by atoms with Crippen molar-refractivity contribution < 1.29 is 36.9 Å². The average Bonchev–Trinajstić information content (AvgIpc) is 3.22. The van der Waals surface area contributed by atoms with Gasteiger partial charge in [-0.1, -0.05) is 17.7 Å². The summed E-state index contributed by atoms with van der Waals surface area (Å²) in [6.45, 7) is 1.06. The van der Waals surface area contributed by atoms with E-state index >= 15 is 0 Å². The Morgan fingerprint density at radius 1 is 1.15 bits per heavy atom. The van der Waals surface area contributed by atoms with Crippen molar-refractivity contribution in [1.29, 1.82) is 0 Å². The van der Waals surface area contributed by atoms with Crippen LogP contribution in [0.15, 0.2) is 36.4 Å². The molecular formula is C26H30ClF4N3O4S. The maximum absolute atomic E-state index is 13.4. The molecule has 0 unspecified atom stereocenters. The van der Waals surface area contributed by atoms with Crippen LogP contribution in [0.2, 0.25) is 5.02 Å². The average molecular weight is 592 g/mol. The van der Waals surface area contributed by atoms with E-state index in [2.05, 4.69) is 34.7 Å². The molecule has 1 saturated carbocycles. The van der Waals surface area contributed by atoms with Gasteiger partial charge >= 0.3 is 12.1 Å². The minimum absolute atomic E-state index is 0.0720. The summed E-state index contributed by atoms with van der Waals surface area (Å²) in [7, 11) is 5.54. The Morgan fingerprint density at radius 2 is 1.82 bits per heavy atom. The number of fused-ring (bicyclic) bond motifs is 1. The molecule has 2 fully saturated rings. The van der Waals surface area contributed by atoms with Crippen molar-refractivity contribution in [3.8, 4) is 11.5 Å². The van der Waals surface area contributed by atoms with Gasteiger partial charge in [-0.3, -0.25) is 0 Å². The molecule has 1 aliphatic heterocycles. The second-order valence-electron chi connectivity index (χ2n) is 9.47. The van der Waals surface area contributed by atoms with Crippen molar-refractivity contribution in [2.45, 2.75) is 49.4 Å². The second kappa shape index (κ2) is 12.6. The Morgan fingerprint density at radius 3 is 2.41 bits per heavy atom. The summed E-state index contributed by atoms with van der Waals surface area (Å²) in [6, 6.07) is 11.5. The molecule has 2 aromatic rings. The van der Waals surface area contributed by atoms with Gasteiger partial charge in [0, 0.05) is 23.2 Å². The number of benzene rings is 2. The van der Waals surface area contributed by atoms with Gasteiger partial charge in [0.2, 0.25) is 0 Å². The van der Waals surface area contributed by atoms with Gasteiger partial charge < -0.3 is 30.1 Å². The molecule has 0 radical (unpaired) electrons. The molecule has 2 aromatic carbocycles. The zero-order valence-electron chi connectivity index (χ0n) is 21.6. The van der Waals surface area contributed by atoms with Crippen LogP contribution in [0.25, 0.3) is 0 Å². The predicted molar refractivity (Wildman–Crippen MR) is 144 cm³/mol. The first-order valence-electron chi connectivity index (χ1n) is 12.1. The first-order valence-corrected chi connectivity index (χ1v) is 12.8. The van der Waals surface area contributed by atoms with Crippen LogP contribution in [0.4, 0.5) is 23.2 Å². The quantitative estimate of drug-likeness (QED) is 0.306. The van der Waals surface area contributed by atoms with Crippen molar-refractivity contribution in [2.24, 2.45) is 0 Å². The van der Waals surface area contributed by atoms with E-state index in [1.165, 1.54) is 11.6 Å². The van der Waals surface area contributed by atoms with Gasteiger partial charge in [0.25, 0.3) is 0 Å². The number of likely N-dealkylation sites (tertiary alicyclic amines) is 1. The molecule has 214 valence electrons. The summed E-state index contributed by atoms with van der Waals surface area (Å²) in [5.41, 5.74) is 2.07. The minimum Gasteiger partial charge on any atom is -0.493 e. The Hall–Kier alpha value is -2.83. The standard InChI is InChI=1S/C24H29ClFN3O2S.C2HF3O2/c1-29-11-10-24(15-4-7-20(30-2)21(12-15)31-3)9-8-17(14-22(24)29)28-23(32)27-16-5-6-19(26)18(25)13-16;3-2(4,5)1(6)7/h4-7,12-13,17,22H,8-11,14H2,1-3H3,(H2,27,28,32);(H,6,7)/t17-,22+,24+;/m1./s1. The fourth-order valence-corrected chi connectivity index (χ4v) is 5.79. The number of carboxylic acid groups (broad SMARTS) is 1. The highest BCUT2D eigenvalue weighted by Gasteiger charge is 2.50. The number of hydrogen-bond donors (Lipinski definition) is 3. The summed E-state index contributed by atoms with van der Waals surface area (Å²) in [5.74, 6) is -1.67. The molecule has 0 spiro atoms. The molecule has 0 bridgehead atoms. The summed E-state index contributed by atoms with van der Waals surface area (Å²) in [5, 5.41) is 14.3. The van der Waals surface area contributed by atoms with E-state index in [1.807, 2.05) is 6.07 Å². The number of rotatable bonds is 5. The maximum atomic E-state index is 13.4. The van der Waals surface area contributed by atoms with Gasteiger partial charge in [0.05, 0.1) is 19.2 Å². The molecule has 1 aliphatic carbocycles. The number of nitrogens with one attached hydrogen (secondary N) is 2. The van der Waals surface area contributed by atoms with Crippen LogP contribution in [0.1, 0.15) is 31.2 Å². The monoisotopic (exact) mass is 591 g/mol. The van der Waals surface area contributed by atoms with E-state index in [9.17, 15) is 17.6 Å². The van der Waals surface area contributed by atoms with E-state index in [0.717, 1.165) is 43.7 Å². The number of nitrogens with zero attached hydrogens (tertiary/aromatic N) is 1. The van der Waals surface area contributed by atoms with Crippen molar-refractivity contribution in [3.63, 3.8) is 0 Å². The number of methoxy groups -OCH3 is 2. The van der Waals surface area contributed by atoms with Crippen molar-refractivity contribution >= 4 is 40.6 Å². The van der Waals surface area contributed by atoms with E-state index in [0.29, 0.717) is 16.8 Å². The third kappa shape index (κ3) is 7.23. The van der Waals surface area contributed by atoms with Crippen LogP contribution >= 0.6 is 23.8 Å². The smallest absolute Gasteiger partial charge is 0.490 e. The number of hydrogen-bond acceptors (Lipinski definition) is 5. The van der Waals surface area contributed by atoms with Crippen LogP contribution in [0.5, 0.6) is 11.5 Å². The van der Waals surface area contributed by atoms with Crippen LogP contribution < -0.4 is 20.1 Å². The lowest BCUT2D eigenvalue weighted by molar-refractivity contribution is -0.192. The summed E-state index contributed by atoms with van der Waals surface area (Å²) in [6.07, 6.45) is -0.922. The molecule has 4 rings (SSSR count). The molecule has 3 N–H and O–H groups in total. The van der Waals surface area contributed by atoms with Crippen LogP contribution in [-0.2, 0) is 10.2 Å². The van der Waals surface area contributed by atoms with Crippen molar-refractivity contribution in [1.82, 2.24) is 10.2 Å². The second-order valence-corrected chi connectivity index (χ2v) is 10.3. The SMILES string of the molecule is COc1ccc([C@@]23CC[C@@H](NC(=S)Nc4ccc(F)c(Cl)c4)C[C@@H]2N(C)CC3)cc1OC.O=C(O)C(F)(F)F. The molecule has 1 heterocycles. The van der Waals surface area contributed by atoms with Crippen molar-refractivity contribution in [3.05, 3.63) is 52.8 Å². The fraction of sp³-hybridized carbons (Fsp3) is 0.462. The highest BCUT2D eigenvalue weighted by molar-refractivity contribution is 7.80. The third-order valence-corrected chi connectivity index (χ3v) is 7.75. The van der Waals surface area contributed by atoms with E-state index < -0.39 is 18.0 Å². The van der Waals surface area contributed by atoms with Crippen LogP contribution in [0, 0.1) is 5.82 Å². The highest BCUT2D eigenvalue weighted by atomic mass is 35.5. The molecule has 2 aliphatic rings. The number of halogens is 5.